The second kappa shape index (κ2) is 6.18. The van der Waals surface area contributed by atoms with E-state index >= 15 is 0 Å². The molecule has 0 spiro atoms. The molecule has 0 aliphatic heterocycles. The molecule has 100 valence electrons. The van der Waals surface area contributed by atoms with Crippen LogP contribution in [0.15, 0.2) is 36.4 Å². The lowest BCUT2D eigenvalue weighted by Gasteiger charge is -2.28. The number of carbonyl (C=O) groups excluding carboxylic acids is 2. The number of benzene rings is 1. The van der Waals surface area contributed by atoms with Crippen molar-refractivity contribution in [1.82, 2.24) is 0 Å². The summed E-state index contributed by atoms with van der Waals surface area (Å²) in [6.45, 7) is 0. The van der Waals surface area contributed by atoms with E-state index in [1.165, 1.54) is 0 Å². The smallest absolute Gasteiger partial charge is 0.228 e. The van der Waals surface area contributed by atoms with Crippen molar-refractivity contribution in [1.29, 1.82) is 0 Å². The van der Waals surface area contributed by atoms with Crippen molar-refractivity contribution in [2.75, 3.05) is 5.32 Å². The van der Waals surface area contributed by atoms with Gasteiger partial charge in [-0.1, -0.05) is 12.2 Å². The van der Waals surface area contributed by atoms with Crippen LogP contribution in [0.2, 0.25) is 0 Å². The maximum absolute atomic E-state index is 12.1. The van der Waals surface area contributed by atoms with Crippen molar-refractivity contribution >= 4 is 40.2 Å². The first kappa shape index (κ1) is 14.0. The molecule has 0 saturated carbocycles. The third-order valence-corrected chi connectivity index (χ3v) is 3.90. The Kier molecular flexibility index (Phi) is 4.57. The molecule has 1 aromatic carbocycles. The van der Waals surface area contributed by atoms with E-state index in [0.29, 0.717) is 18.5 Å². The fraction of sp³-hybridized carbons (Fsp3) is 0.286. The summed E-state index contributed by atoms with van der Waals surface area (Å²) in [5.41, 5.74) is 0.678. The van der Waals surface area contributed by atoms with Crippen molar-refractivity contribution in [3.05, 3.63) is 40.0 Å². The van der Waals surface area contributed by atoms with Gasteiger partial charge in [0.05, 0.1) is 5.92 Å². The lowest BCUT2D eigenvalue weighted by molar-refractivity contribution is -0.313. The summed E-state index contributed by atoms with van der Waals surface area (Å²) in [5, 5.41) is 13.8. The minimum Gasteiger partial charge on any atom is -0.550 e. The monoisotopic (exact) mass is 370 g/mol. The quantitative estimate of drug-likeness (QED) is 0.649. The number of nitrogens with one attached hydrogen (secondary N) is 1. The third kappa shape index (κ3) is 3.56. The maximum Gasteiger partial charge on any atom is 0.228 e. The summed E-state index contributed by atoms with van der Waals surface area (Å²) in [6, 6.07) is 7.36. The average molecular weight is 370 g/mol. The van der Waals surface area contributed by atoms with E-state index in [4.69, 9.17) is 0 Å². The molecule has 1 aromatic rings. The van der Waals surface area contributed by atoms with Gasteiger partial charge in [-0.15, -0.1) is 0 Å². The Morgan fingerprint density at radius 2 is 1.68 bits per heavy atom. The average Bonchev–Trinajstić information content (AvgIpc) is 2.41. The minimum atomic E-state index is -1.16. The van der Waals surface area contributed by atoms with Crippen LogP contribution in [0.4, 0.5) is 5.69 Å². The van der Waals surface area contributed by atoms with E-state index in [1.54, 1.807) is 18.2 Å². The first-order chi connectivity index (χ1) is 9.08. The van der Waals surface area contributed by atoms with Crippen LogP contribution >= 0.6 is 22.6 Å². The number of amides is 1. The van der Waals surface area contributed by atoms with Crippen molar-refractivity contribution in [3.8, 4) is 0 Å². The molecule has 0 saturated heterocycles. The largest absolute Gasteiger partial charge is 0.550 e. The summed E-state index contributed by atoms with van der Waals surface area (Å²) in [6.07, 6.45) is 4.43. The SMILES string of the molecule is O=C([O-])[C@H]1CC=CC[C@H]1C(=O)Nc1ccc(I)cc1. The van der Waals surface area contributed by atoms with Crippen molar-refractivity contribution in [2.45, 2.75) is 12.8 Å². The van der Waals surface area contributed by atoms with Gasteiger partial charge < -0.3 is 15.2 Å². The van der Waals surface area contributed by atoms with Gasteiger partial charge in [0, 0.05) is 21.1 Å². The molecule has 1 aliphatic carbocycles. The van der Waals surface area contributed by atoms with Gasteiger partial charge in [-0.3, -0.25) is 4.79 Å². The molecule has 2 atom stereocenters. The molecule has 19 heavy (non-hydrogen) atoms. The van der Waals surface area contributed by atoms with Crippen molar-refractivity contribution in [3.63, 3.8) is 0 Å². The van der Waals surface area contributed by atoms with Gasteiger partial charge in [-0.05, 0) is 59.7 Å². The van der Waals surface area contributed by atoms with Gasteiger partial charge in [0.2, 0.25) is 5.91 Å². The second-order valence-electron chi connectivity index (χ2n) is 4.47. The van der Waals surface area contributed by atoms with Crippen molar-refractivity contribution in [2.24, 2.45) is 11.8 Å². The predicted octanol–water partition coefficient (Wildman–Crippen LogP) is 1.56. The Bertz CT molecular complexity index is 510. The molecular weight excluding hydrogens is 357 g/mol. The van der Waals surface area contributed by atoms with Gasteiger partial charge in [0.25, 0.3) is 0 Å². The number of allylic oxidation sites excluding steroid dienone is 2. The topological polar surface area (TPSA) is 69.2 Å². The number of rotatable bonds is 3. The van der Waals surface area contributed by atoms with E-state index in [9.17, 15) is 14.7 Å². The second-order valence-corrected chi connectivity index (χ2v) is 5.72. The Labute approximate surface area is 125 Å². The summed E-state index contributed by atoms with van der Waals surface area (Å²) in [5.74, 6) is -2.73. The third-order valence-electron chi connectivity index (χ3n) is 3.18. The molecule has 0 bridgehead atoms. The van der Waals surface area contributed by atoms with Crippen LogP contribution in [0, 0.1) is 15.4 Å². The lowest BCUT2D eigenvalue weighted by atomic mass is 9.82. The summed E-state index contributed by atoms with van der Waals surface area (Å²) >= 11 is 2.18. The van der Waals surface area contributed by atoms with Gasteiger partial charge >= 0.3 is 0 Å². The summed E-state index contributed by atoms with van der Waals surface area (Å²) < 4.78 is 1.07. The predicted molar refractivity (Wildman–Crippen MR) is 78.1 cm³/mol. The van der Waals surface area contributed by atoms with E-state index in [-0.39, 0.29) is 5.91 Å². The molecule has 4 nitrogen and oxygen atoms in total. The fourth-order valence-electron chi connectivity index (χ4n) is 2.13. The number of carboxylic acids is 1. The fourth-order valence-corrected chi connectivity index (χ4v) is 2.49. The zero-order chi connectivity index (χ0) is 13.8. The molecule has 5 heteroatoms. The highest BCUT2D eigenvalue weighted by Gasteiger charge is 2.29. The van der Waals surface area contributed by atoms with Crippen LogP contribution in [-0.2, 0) is 9.59 Å². The highest BCUT2D eigenvalue weighted by Crippen LogP contribution is 2.26. The zero-order valence-electron chi connectivity index (χ0n) is 10.1. The number of carboxylic acid groups (broad SMARTS) is 1. The normalized spacial score (nSPS) is 21.9. The van der Waals surface area contributed by atoms with E-state index < -0.39 is 17.8 Å². The van der Waals surface area contributed by atoms with Crippen LogP contribution < -0.4 is 10.4 Å². The van der Waals surface area contributed by atoms with E-state index in [1.807, 2.05) is 18.2 Å². The number of hydrogen-bond acceptors (Lipinski definition) is 3. The molecule has 1 N–H and O–H groups in total. The summed E-state index contributed by atoms with van der Waals surface area (Å²) in [7, 11) is 0. The standard InChI is InChI=1S/C14H14INO3/c15-9-5-7-10(8-6-9)16-13(17)11-3-1-2-4-12(11)14(18)19/h1-2,5-8,11-12H,3-4H2,(H,16,17)(H,18,19)/p-1/t11-,12+/m1/s1. The van der Waals surface area contributed by atoms with Gasteiger partial charge in [0.1, 0.15) is 0 Å². The van der Waals surface area contributed by atoms with Crippen LogP contribution in [0.5, 0.6) is 0 Å². The highest BCUT2D eigenvalue weighted by atomic mass is 127. The van der Waals surface area contributed by atoms with E-state index in [2.05, 4.69) is 27.9 Å². The van der Waals surface area contributed by atoms with E-state index in [0.717, 1.165) is 3.57 Å². The summed E-state index contributed by atoms with van der Waals surface area (Å²) in [4.78, 5) is 23.2. The number of halogens is 1. The minimum absolute atomic E-state index is 0.264. The molecule has 0 heterocycles. The molecule has 0 aromatic heterocycles. The molecular formula is C14H13INO3-. The molecule has 0 radical (unpaired) electrons. The van der Waals surface area contributed by atoms with Crippen LogP contribution in [0.1, 0.15) is 12.8 Å². The molecule has 2 rings (SSSR count). The van der Waals surface area contributed by atoms with Crippen LogP contribution in [-0.4, -0.2) is 11.9 Å². The maximum atomic E-state index is 12.1. The lowest BCUT2D eigenvalue weighted by Crippen LogP contribution is -2.41. The Morgan fingerprint density at radius 1 is 1.11 bits per heavy atom. The molecule has 0 unspecified atom stereocenters. The van der Waals surface area contributed by atoms with Gasteiger partial charge in [-0.25, -0.2) is 0 Å². The number of anilines is 1. The van der Waals surface area contributed by atoms with Crippen LogP contribution in [0.3, 0.4) is 0 Å². The van der Waals surface area contributed by atoms with Gasteiger partial charge in [-0.2, -0.15) is 0 Å². The van der Waals surface area contributed by atoms with Crippen molar-refractivity contribution < 1.29 is 14.7 Å². The number of carbonyl (C=O) groups is 2. The Morgan fingerprint density at radius 3 is 2.26 bits per heavy atom. The first-order valence-electron chi connectivity index (χ1n) is 6.00. The number of aliphatic carboxylic acids is 1. The number of hydrogen-bond donors (Lipinski definition) is 1. The molecule has 1 aliphatic rings. The Balaban J connectivity index is 2.08. The first-order valence-corrected chi connectivity index (χ1v) is 7.08. The Hall–Kier alpha value is -1.37. The van der Waals surface area contributed by atoms with Gasteiger partial charge in [0.15, 0.2) is 0 Å². The molecule has 0 fully saturated rings. The zero-order valence-corrected chi connectivity index (χ0v) is 12.3. The molecule has 1 amide bonds. The van der Waals surface area contributed by atoms with Crippen LogP contribution in [0.25, 0.3) is 0 Å². The highest BCUT2D eigenvalue weighted by molar-refractivity contribution is 14.1.